The molecule has 0 aromatic carbocycles. The van der Waals surface area contributed by atoms with E-state index in [2.05, 4.69) is 21.2 Å². The molecule has 1 fully saturated rings. The van der Waals surface area contributed by atoms with Crippen LogP contribution in [0.2, 0.25) is 0 Å². The molecule has 2 rings (SSSR count). The molecule has 1 aromatic heterocycles. The van der Waals surface area contributed by atoms with Crippen LogP contribution in [0.25, 0.3) is 0 Å². The average molecular weight is 330 g/mol. The molecule has 1 atom stereocenters. The molecule has 1 aromatic rings. The number of amides is 3. The SMILES string of the molecule is NC(=O)NCC1CCCN(C(=O)c2ccoc2Br)C1. The quantitative estimate of drug-likeness (QED) is 0.881. The minimum Gasteiger partial charge on any atom is -0.457 e. The Balaban J connectivity index is 1.95. The van der Waals surface area contributed by atoms with Crippen molar-refractivity contribution in [1.29, 1.82) is 0 Å². The molecule has 6 nitrogen and oxygen atoms in total. The van der Waals surface area contributed by atoms with Gasteiger partial charge in [0.15, 0.2) is 4.67 Å². The minimum absolute atomic E-state index is 0.0515. The van der Waals surface area contributed by atoms with E-state index in [1.807, 2.05) is 0 Å². The van der Waals surface area contributed by atoms with Crippen LogP contribution >= 0.6 is 15.9 Å². The highest BCUT2D eigenvalue weighted by molar-refractivity contribution is 9.10. The van der Waals surface area contributed by atoms with E-state index in [0.717, 1.165) is 19.4 Å². The second-order valence-electron chi connectivity index (χ2n) is 4.61. The van der Waals surface area contributed by atoms with Gasteiger partial charge in [0.2, 0.25) is 0 Å². The van der Waals surface area contributed by atoms with Crippen LogP contribution in [0.15, 0.2) is 21.4 Å². The highest BCUT2D eigenvalue weighted by atomic mass is 79.9. The molecule has 104 valence electrons. The van der Waals surface area contributed by atoms with Gasteiger partial charge in [-0.2, -0.15) is 0 Å². The van der Waals surface area contributed by atoms with Crippen LogP contribution in [-0.2, 0) is 0 Å². The van der Waals surface area contributed by atoms with E-state index in [1.165, 1.54) is 6.26 Å². The first-order chi connectivity index (χ1) is 9.08. The molecule has 1 unspecified atom stereocenters. The van der Waals surface area contributed by atoms with Crippen molar-refractivity contribution in [3.05, 3.63) is 22.6 Å². The fourth-order valence-corrected chi connectivity index (χ4v) is 2.69. The Kier molecular flexibility index (Phi) is 4.47. The number of urea groups is 1. The van der Waals surface area contributed by atoms with E-state index in [0.29, 0.717) is 23.3 Å². The van der Waals surface area contributed by atoms with E-state index in [-0.39, 0.29) is 11.8 Å². The van der Waals surface area contributed by atoms with Crippen molar-refractivity contribution >= 4 is 27.9 Å². The van der Waals surface area contributed by atoms with Gasteiger partial charge in [0.05, 0.1) is 11.8 Å². The Morgan fingerprint density at radius 3 is 3.00 bits per heavy atom. The molecule has 19 heavy (non-hydrogen) atoms. The molecule has 3 amide bonds. The molecule has 0 spiro atoms. The first kappa shape index (κ1) is 13.9. The number of furan rings is 1. The molecule has 2 heterocycles. The number of primary amides is 1. The summed E-state index contributed by atoms with van der Waals surface area (Å²) in [7, 11) is 0. The number of piperidine rings is 1. The van der Waals surface area contributed by atoms with Crippen molar-refractivity contribution in [3.8, 4) is 0 Å². The summed E-state index contributed by atoms with van der Waals surface area (Å²) in [5, 5.41) is 2.59. The van der Waals surface area contributed by atoms with Crippen LogP contribution < -0.4 is 11.1 Å². The number of hydrogen-bond acceptors (Lipinski definition) is 3. The highest BCUT2D eigenvalue weighted by Gasteiger charge is 2.26. The number of hydrogen-bond donors (Lipinski definition) is 2. The summed E-state index contributed by atoms with van der Waals surface area (Å²) < 4.78 is 5.53. The van der Waals surface area contributed by atoms with E-state index in [4.69, 9.17) is 10.2 Å². The Morgan fingerprint density at radius 1 is 1.58 bits per heavy atom. The fraction of sp³-hybridized carbons (Fsp3) is 0.500. The number of carbonyl (C=O) groups is 2. The lowest BCUT2D eigenvalue weighted by Gasteiger charge is -2.32. The van der Waals surface area contributed by atoms with Crippen molar-refractivity contribution in [2.75, 3.05) is 19.6 Å². The lowest BCUT2D eigenvalue weighted by Crippen LogP contribution is -2.44. The second kappa shape index (κ2) is 6.10. The van der Waals surface area contributed by atoms with Crippen LogP contribution in [0, 0.1) is 5.92 Å². The van der Waals surface area contributed by atoms with E-state index in [1.54, 1.807) is 11.0 Å². The summed E-state index contributed by atoms with van der Waals surface area (Å²) in [6, 6.07) is 1.12. The van der Waals surface area contributed by atoms with Crippen LogP contribution in [0.1, 0.15) is 23.2 Å². The minimum atomic E-state index is -0.527. The van der Waals surface area contributed by atoms with Gasteiger partial charge in [0.25, 0.3) is 5.91 Å². The molecule has 1 aliphatic rings. The first-order valence-corrected chi connectivity index (χ1v) is 6.93. The van der Waals surface area contributed by atoms with Crippen molar-refractivity contribution < 1.29 is 14.0 Å². The normalized spacial score (nSPS) is 19.2. The summed E-state index contributed by atoms with van der Waals surface area (Å²) in [4.78, 5) is 24.8. The van der Waals surface area contributed by atoms with Gasteiger partial charge in [-0.25, -0.2) is 4.79 Å². The van der Waals surface area contributed by atoms with Crippen molar-refractivity contribution in [1.82, 2.24) is 10.2 Å². The summed E-state index contributed by atoms with van der Waals surface area (Å²) in [6.45, 7) is 1.85. The topological polar surface area (TPSA) is 88.6 Å². The zero-order valence-electron chi connectivity index (χ0n) is 10.4. The molecule has 3 N–H and O–H groups in total. The number of nitrogens with zero attached hydrogens (tertiary/aromatic N) is 1. The highest BCUT2D eigenvalue weighted by Crippen LogP contribution is 2.23. The van der Waals surface area contributed by atoms with Crippen molar-refractivity contribution in [3.63, 3.8) is 0 Å². The van der Waals surface area contributed by atoms with Gasteiger partial charge in [-0.3, -0.25) is 4.79 Å². The molecular weight excluding hydrogens is 314 g/mol. The monoisotopic (exact) mass is 329 g/mol. The van der Waals surface area contributed by atoms with Crippen LogP contribution in [0.5, 0.6) is 0 Å². The third kappa shape index (κ3) is 3.50. The maximum atomic E-state index is 12.3. The van der Waals surface area contributed by atoms with Gasteiger partial charge in [0, 0.05) is 19.6 Å². The van der Waals surface area contributed by atoms with Crippen LogP contribution in [0.3, 0.4) is 0 Å². The van der Waals surface area contributed by atoms with Gasteiger partial charge in [-0.15, -0.1) is 0 Å². The lowest BCUT2D eigenvalue weighted by molar-refractivity contribution is 0.0673. The zero-order chi connectivity index (χ0) is 13.8. The summed E-state index contributed by atoms with van der Waals surface area (Å²) in [5.41, 5.74) is 5.58. The molecule has 0 radical (unpaired) electrons. The molecule has 0 aliphatic carbocycles. The van der Waals surface area contributed by atoms with Crippen molar-refractivity contribution in [2.45, 2.75) is 12.8 Å². The lowest BCUT2D eigenvalue weighted by atomic mass is 9.97. The van der Waals surface area contributed by atoms with E-state index >= 15 is 0 Å². The zero-order valence-corrected chi connectivity index (χ0v) is 12.0. The molecule has 7 heteroatoms. The second-order valence-corrected chi connectivity index (χ2v) is 5.33. The molecule has 0 saturated carbocycles. The van der Waals surface area contributed by atoms with Gasteiger partial charge in [-0.1, -0.05) is 0 Å². The number of halogens is 1. The summed E-state index contributed by atoms with van der Waals surface area (Å²) in [6.07, 6.45) is 3.39. The van der Waals surface area contributed by atoms with Crippen LogP contribution in [-0.4, -0.2) is 36.5 Å². The molecule has 1 aliphatic heterocycles. The van der Waals surface area contributed by atoms with Gasteiger partial charge in [-0.05, 0) is 40.8 Å². The number of carbonyl (C=O) groups excluding carboxylic acids is 2. The van der Waals surface area contributed by atoms with Crippen LogP contribution in [0.4, 0.5) is 4.79 Å². The maximum absolute atomic E-state index is 12.3. The summed E-state index contributed by atoms with van der Waals surface area (Å²) >= 11 is 3.21. The predicted octanol–water partition coefficient (Wildman–Crippen LogP) is 1.56. The van der Waals surface area contributed by atoms with E-state index < -0.39 is 6.03 Å². The number of likely N-dealkylation sites (tertiary alicyclic amines) is 1. The Morgan fingerprint density at radius 2 is 2.37 bits per heavy atom. The van der Waals surface area contributed by atoms with E-state index in [9.17, 15) is 9.59 Å². The van der Waals surface area contributed by atoms with Crippen molar-refractivity contribution in [2.24, 2.45) is 11.7 Å². The largest absolute Gasteiger partial charge is 0.457 e. The number of nitrogens with one attached hydrogen (secondary N) is 1. The van der Waals surface area contributed by atoms with Gasteiger partial charge < -0.3 is 20.4 Å². The molecule has 1 saturated heterocycles. The third-order valence-electron chi connectivity index (χ3n) is 3.22. The average Bonchev–Trinajstić information content (AvgIpc) is 2.82. The molecule has 0 bridgehead atoms. The first-order valence-electron chi connectivity index (χ1n) is 6.13. The third-order valence-corrected chi connectivity index (χ3v) is 3.83. The molecular formula is C12H16BrN3O3. The smallest absolute Gasteiger partial charge is 0.312 e. The van der Waals surface area contributed by atoms with Gasteiger partial charge in [0.1, 0.15) is 0 Å². The maximum Gasteiger partial charge on any atom is 0.312 e. The number of rotatable bonds is 3. The predicted molar refractivity (Wildman–Crippen MR) is 72.6 cm³/mol. The Bertz CT molecular complexity index is 475. The standard InChI is InChI=1S/C12H16BrN3O3/c13-10-9(3-5-19-10)11(17)16-4-1-2-8(7-16)6-15-12(14)18/h3,5,8H,1-2,4,6-7H2,(H3,14,15,18). The van der Waals surface area contributed by atoms with Gasteiger partial charge >= 0.3 is 6.03 Å². The number of nitrogens with two attached hydrogens (primary N) is 1. The Hall–Kier alpha value is -1.50. The summed E-state index contributed by atoms with van der Waals surface area (Å²) in [5.74, 6) is 0.195. The Labute approximate surface area is 119 Å². The fourth-order valence-electron chi connectivity index (χ4n) is 2.28.